The van der Waals surface area contributed by atoms with Crippen molar-refractivity contribution in [3.8, 4) is 0 Å². The number of piperidine rings is 1. The number of anilines is 1. The zero-order valence-corrected chi connectivity index (χ0v) is 22.1. The van der Waals surface area contributed by atoms with Crippen LogP contribution in [0.1, 0.15) is 44.8 Å². The number of nitrogens with zero attached hydrogens (tertiary/aromatic N) is 6. The molecule has 0 spiro atoms. The highest BCUT2D eigenvalue weighted by Gasteiger charge is 2.31. The van der Waals surface area contributed by atoms with E-state index in [9.17, 15) is 9.59 Å². The Morgan fingerprint density at radius 3 is 2.61 bits per heavy atom. The molecule has 10 nitrogen and oxygen atoms in total. The van der Waals surface area contributed by atoms with Gasteiger partial charge in [-0.1, -0.05) is 6.08 Å². The van der Waals surface area contributed by atoms with Crippen LogP contribution in [0.25, 0.3) is 11.0 Å². The number of aryl methyl sites for hydroxylation is 1. The minimum absolute atomic E-state index is 0.0284. The second-order valence-corrected chi connectivity index (χ2v) is 10.4. The molecule has 2 fully saturated rings. The van der Waals surface area contributed by atoms with E-state index in [1.165, 1.54) is 0 Å². The quantitative estimate of drug-likeness (QED) is 0.588. The van der Waals surface area contributed by atoms with E-state index >= 15 is 0 Å². The van der Waals surface area contributed by atoms with Crippen molar-refractivity contribution in [3.63, 3.8) is 0 Å². The molecular weight excluding hydrogens is 458 g/mol. The van der Waals surface area contributed by atoms with Gasteiger partial charge in [0.1, 0.15) is 11.6 Å². The molecule has 0 saturated carbocycles. The lowest BCUT2D eigenvalue weighted by Crippen LogP contribution is -2.44. The molecular formula is C26H39N7O3. The first kappa shape index (κ1) is 25.9. The van der Waals surface area contributed by atoms with E-state index in [2.05, 4.69) is 34.8 Å². The van der Waals surface area contributed by atoms with E-state index in [0.717, 1.165) is 41.9 Å². The number of carbonyl (C=O) groups excluding carboxylic acids is 2. The summed E-state index contributed by atoms with van der Waals surface area (Å²) in [6.45, 7) is 9.30. The van der Waals surface area contributed by atoms with E-state index < -0.39 is 0 Å². The molecule has 0 aliphatic carbocycles. The van der Waals surface area contributed by atoms with Gasteiger partial charge in [0.15, 0.2) is 5.82 Å². The van der Waals surface area contributed by atoms with Gasteiger partial charge in [-0.2, -0.15) is 0 Å². The molecule has 2 saturated heterocycles. The number of aromatic nitrogens is 3. The second kappa shape index (κ2) is 11.3. The molecule has 2 aromatic rings. The van der Waals surface area contributed by atoms with Gasteiger partial charge in [0, 0.05) is 56.5 Å². The van der Waals surface area contributed by atoms with Gasteiger partial charge < -0.3 is 29.3 Å². The zero-order valence-electron chi connectivity index (χ0n) is 22.1. The molecule has 1 atom stereocenters. The number of amides is 2. The molecule has 10 heteroatoms. The highest BCUT2D eigenvalue weighted by atomic mass is 16.6. The number of nitrogens with one attached hydrogen (secondary N) is 1. The average Bonchev–Trinajstić information content (AvgIpc) is 3.46. The third-order valence-electron chi connectivity index (χ3n) is 6.80. The number of hydrogen-bond acceptors (Lipinski definition) is 7. The minimum Gasteiger partial charge on any atom is -0.444 e. The van der Waals surface area contributed by atoms with E-state index in [1.807, 2.05) is 38.3 Å². The maximum absolute atomic E-state index is 12.8. The maximum atomic E-state index is 12.8. The van der Waals surface area contributed by atoms with Crippen molar-refractivity contribution in [3.05, 3.63) is 30.2 Å². The number of likely N-dealkylation sites (N-methyl/N-ethyl adjacent to an activating group) is 1. The predicted molar refractivity (Wildman–Crippen MR) is 140 cm³/mol. The van der Waals surface area contributed by atoms with Gasteiger partial charge in [-0.25, -0.2) is 14.8 Å². The third kappa shape index (κ3) is 6.16. The van der Waals surface area contributed by atoms with Crippen molar-refractivity contribution >= 4 is 28.9 Å². The lowest BCUT2D eigenvalue weighted by molar-refractivity contribution is -0.125. The fourth-order valence-corrected chi connectivity index (χ4v) is 4.78. The molecule has 2 aliphatic rings. The van der Waals surface area contributed by atoms with Gasteiger partial charge in [0.05, 0.1) is 18.4 Å². The van der Waals surface area contributed by atoms with E-state index in [4.69, 9.17) is 9.72 Å². The Labute approximate surface area is 213 Å². The largest absolute Gasteiger partial charge is 0.444 e. The Bertz CT molecular complexity index is 1100. The molecule has 196 valence electrons. The Kier molecular flexibility index (Phi) is 8.13. The molecule has 2 aromatic heterocycles. The maximum Gasteiger partial charge on any atom is 0.410 e. The van der Waals surface area contributed by atoms with Crippen LogP contribution in [0.3, 0.4) is 0 Å². The van der Waals surface area contributed by atoms with Gasteiger partial charge in [0.2, 0.25) is 5.91 Å². The first-order valence-electron chi connectivity index (χ1n) is 12.9. The van der Waals surface area contributed by atoms with Crippen molar-refractivity contribution < 1.29 is 14.3 Å². The number of imidazole rings is 1. The van der Waals surface area contributed by atoms with Crippen LogP contribution >= 0.6 is 0 Å². The van der Waals surface area contributed by atoms with Gasteiger partial charge in [-0.3, -0.25) is 4.79 Å². The van der Waals surface area contributed by atoms with Crippen molar-refractivity contribution in [1.82, 2.24) is 29.2 Å². The SMILES string of the molecule is Cc1cc2c(ncn2C(C)C)c(NC2CCN(C(=O)O[C@@H]3CCN(C(=O)/C=C/CN(C)C)C3)CC2)n1. The Balaban J connectivity index is 1.26. The molecule has 2 amide bonds. The number of fused-ring (bicyclic) bond motifs is 1. The van der Waals surface area contributed by atoms with Gasteiger partial charge in [-0.15, -0.1) is 0 Å². The van der Waals surface area contributed by atoms with Crippen LogP contribution in [0, 0.1) is 6.92 Å². The fraction of sp³-hybridized carbons (Fsp3) is 0.615. The number of hydrogen-bond donors (Lipinski definition) is 1. The number of rotatable bonds is 7. The van der Waals surface area contributed by atoms with E-state index in [0.29, 0.717) is 38.6 Å². The zero-order chi connectivity index (χ0) is 25.8. The van der Waals surface area contributed by atoms with Crippen molar-refractivity contribution in [2.75, 3.05) is 52.1 Å². The molecule has 2 aliphatic heterocycles. The second-order valence-electron chi connectivity index (χ2n) is 10.4. The van der Waals surface area contributed by atoms with E-state index in [-0.39, 0.29) is 24.1 Å². The average molecular weight is 498 g/mol. The molecule has 1 N–H and O–H groups in total. The van der Waals surface area contributed by atoms with Crippen LogP contribution < -0.4 is 5.32 Å². The molecule has 4 heterocycles. The van der Waals surface area contributed by atoms with Crippen LogP contribution in [-0.4, -0.2) is 100 Å². The topological polar surface area (TPSA) is 95.8 Å². The van der Waals surface area contributed by atoms with Gasteiger partial charge in [0.25, 0.3) is 0 Å². The van der Waals surface area contributed by atoms with Gasteiger partial charge in [-0.05, 0) is 53.8 Å². The molecule has 4 rings (SSSR count). The summed E-state index contributed by atoms with van der Waals surface area (Å²) in [4.78, 5) is 39.9. The van der Waals surface area contributed by atoms with Crippen LogP contribution in [-0.2, 0) is 9.53 Å². The highest BCUT2D eigenvalue weighted by molar-refractivity contribution is 5.88. The number of likely N-dealkylation sites (tertiary alicyclic amines) is 2. The Hall–Kier alpha value is -3.14. The fourth-order valence-electron chi connectivity index (χ4n) is 4.78. The number of carbonyl (C=O) groups is 2. The summed E-state index contributed by atoms with van der Waals surface area (Å²) in [5, 5.41) is 3.57. The summed E-state index contributed by atoms with van der Waals surface area (Å²) in [6, 6.07) is 2.61. The van der Waals surface area contributed by atoms with Crippen LogP contribution in [0.4, 0.5) is 10.6 Å². The molecule has 0 radical (unpaired) electrons. The summed E-state index contributed by atoms with van der Waals surface area (Å²) < 4.78 is 7.90. The summed E-state index contributed by atoms with van der Waals surface area (Å²) in [7, 11) is 3.92. The lowest BCUT2D eigenvalue weighted by atomic mass is 10.1. The molecule has 0 bridgehead atoms. The Morgan fingerprint density at radius 2 is 1.92 bits per heavy atom. The predicted octanol–water partition coefficient (Wildman–Crippen LogP) is 3.05. The molecule has 36 heavy (non-hydrogen) atoms. The summed E-state index contributed by atoms with van der Waals surface area (Å²) >= 11 is 0. The van der Waals surface area contributed by atoms with Crippen molar-refractivity contribution in [2.24, 2.45) is 0 Å². The van der Waals surface area contributed by atoms with Gasteiger partial charge >= 0.3 is 6.09 Å². The van der Waals surface area contributed by atoms with Crippen LogP contribution in [0.15, 0.2) is 24.5 Å². The van der Waals surface area contributed by atoms with Crippen molar-refractivity contribution in [2.45, 2.75) is 58.2 Å². The third-order valence-corrected chi connectivity index (χ3v) is 6.80. The van der Waals surface area contributed by atoms with E-state index in [1.54, 1.807) is 15.9 Å². The van der Waals surface area contributed by atoms with Crippen molar-refractivity contribution in [1.29, 1.82) is 0 Å². The number of pyridine rings is 1. The number of ether oxygens (including phenoxy) is 1. The van der Waals surface area contributed by atoms with Crippen LogP contribution in [0.5, 0.6) is 0 Å². The standard InChI is InChI=1S/C26H39N7O3/c1-18(2)33-17-27-24-22(33)15-19(3)28-25(24)29-20-8-12-31(13-9-20)26(35)36-21-10-14-32(16-21)23(34)7-6-11-30(4)5/h6-7,15,17-18,20-21H,8-14,16H2,1-5H3,(H,28,29)/b7-6+/t21-/m1/s1. The first-order chi connectivity index (χ1) is 17.2. The highest BCUT2D eigenvalue weighted by Crippen LogP contribution is 2.26. The smallest absolute Gasteiger partial charge is 0.410 e. The summed E-state index contributed by atoms with van der Waals surface area (Å²) in [5.41, 5.74) is 2.91. The summed E-state index contributed by atoms with van der Waals surface area (Å²) in [6.07, 6.45) is 7.08. The summed E-state index contributed by atoms with van der Waals surface area (Å²) in [5.74, 6) is 0.778. The Morgan fingerprint density at radius 1 is 1.19 bits per heavy atom. The lowest BCUT2D eigenvalue weighted by Gasteiger charge is -2.32. The molecule has 0 aromatic carbocycles. The van der Waals surface area contributed by atoms with Crippen LogP contribution in [0.2, 0.25) is 0 Å². The minimum atomic E-state index is -0.289. The first-order valence-corrected chi connectivity index (χ1v) is 12.9. The molecule has 0 unspecified atom stereocenters. The monoisotopic (exact) mass is 497 g/mol. The normalized spacial score (nSPS) is 19.2.